The third-order valence-electron chi connectivity index (χ3n) is 8.56. The van der Waals surface area contributed by atoms with Crippen molar-refractivity contribution >= 4 is 50.7 Å². The van der Waals surface area contributed by atoms with Crippen LogP contribution in [0.1, 0.15) is 42.4 Å². The van der Waals surface area contributed by atoms with Gasteiger partial charge in [0.25, 0.3) is 10.0 Å². The van der Waals surface area contributed by atoms with Gasteiger partial charge < -0.3 is 15.0 Å². The van der Waals surface area contributed by atoms with Crippen LogP contribution in [0.5, 0.6) is 5.75 Å². The first-order chi connectivity index (χ1) is 23.0. The average molecular weight is 709 g/mol. The van der Waals surface area contributed by atoms with Crippen LogP contribution < -0.4 is 14.4 Å². The van der Waals surface area contributed by atoms with Crippen molar-refractivity contribution in [2.45, 2.75) is 62.6 Å². The Balaban J connectivity index is 1.59. The number of sulfonamides is 1. The summed E-state index contributed by atoms with van der Waals surface area (Å²) in [7, 11) is -2.76. The number of carbonyl (C=O) groups is 2. The Labute approximate surface area is 292 Å². The topological polar surface area (TPSA) is 96.0 Å². The first-order valence-electron chi connectivity index (χ1n) is 15.9. The maximum absolute atomic E-state index is 14.7. The molecule has 0 radical (unpaired) electrons. The second kappa shape index (κ2) is 15.9. The summed E-state index contributed by atoms with van der Waals surface area (Å²) in [4.78, 5) is 30.3. The average Bonchev–Trinajstić information content (AvgIpc) is 3.59. The molecule has 1 aliphatic carbocycles. The number of nitrogens with zero attached hydrogens (tertiary/aromatic N) is 2. The molecule has 11 heteroatoms. The quantitative estimate of drug-likeness (QED) is 0.159. The number of nitrogens with one attached hydrogen (secondary N) is 1. The number of hydrogen-bond acceptors (Lipinski definition) is 5. The van der Waals surface area contributed by atoms with Crippen LogP contribution >= 0.6 is 23.2 Å². The van der Waals surface area contributed by atoms with Crippen molar-refractivity contribution in [1.82, 2.24) is 10.2 Å². The Hall–Kier alpha value is -4.05. The van der Waals surface area contributed by atoms with E-state index in [-0.39, 0.29) is 35.5 Å². The number of ether oxygens (including phenoxy) is 1. The summed E-state index contributed by atoms with van der Waals surface area (Å²) in [6, 6.07) is 26.4. The fourth-order valence-corrected chi connectivity index (χ4v) is 7.76. The second-order valence-corrected chi connectivity index (χ2v) is 14.7. The largest absolute Gasteiger partial charge is 0.497 e. The molecule has 252 valence electrons. The highest BCUT2D eigenvalue weighted by Gasteiger charge is 2.36. The minimum atomic E-state index is -4.25. The number of rotatable bonds is 13. The van der Waals surface area contributed by atoms with Crippen LogP contribution in [-0.2, 0) is 32.6 Å². The summed E-state index contributed by atoms with van der Waals surface area (Å²) in [5.41, 5.74) is 2.54. The molecular weight excluding hydrogens is 669 g/mol. The number of benzene rings is 4. The van der Waals surface area contributed by atoms with Crippen LogP contribution in [0.15, 0.2) is 102 Å². The molecule has 0 aliphatic heterocycles. The van der Waals surface area contributed by atoms with E-state index in [9.17, 15) is 18.0 Å². The van der Waals surface area contributed by atoms with Crippen LogP contribution in [0, 0.1) is 6.92 Å². The predicted molar refractivity (Wildman–Crippen MR) is 190 cm³/mol. The van der Waals surface area contributed by atoms with Gasteiger partial charge in [-0.15, -0.1) is 0 Å². The number of hydrogen-bond donors (Lipinski definition) is 1. The molecule has 8 nitrogen and oxygen atoms in total. The molecule has 4 aromatic carbocycles. The van der Waals surface area contributed by atoms with Gasteiger partial charge in [0, 0.05) is 35.1 Å². The van der Waals surface area contributed by atoms with Gasteiger partial charge in [-0.3, -0.25) is 13.9 Å². The van der Waals surface area contributed by atoms with Crippen molar-refractivity contribution < 1.29 is 22.7 Å². The van der Waals surface area contributed by atoms with E-state index in [1.54, 1.807) is 54.6 Å². The molecule has 0 heterocycles. The second-order valence-electron chi connectivity index (χ2n) is 12.0. The number of amides is 2. The Morgan fingerprint density at radius 3 is 2.29 bits per heavy atom. The molecule has 5 rings (SSSR count). The summed E-state index contributed by atoms with van der Waals surface area (Å²) in [6.45, 7) is 1.22. The molecule has 1 N–H and O–H groups in total. The lowest BCUT2D eigenvalue weighted by molar-refractivity contribution is -0.140. The summed E-state index contributed by atoms with van der Waals surface area (Å²) < 4.78 is 35.0. The molecule has 2 amide bonds. The molecule has 0 saturated heterocycles. The van der Waals surface area contributed by atoms with Gasteiger partial charge in [-0.1, -0.05) is 96.2 Å². The molecule has 48 heavy (non-hydrogen) atoms. The number of anilines is 1. The summed E-state index contributed by atoms with van der Waals surface area (Å²) >= 11 is 12.8. The lowest BCUT2D eigenvalue weighted by Crippen LogP contribution is -2.54. The van der Waals surface area contributed by atoms with Crippen LogP contribution in [0.25, 0.3) is 0 Å². The lowest BCUT2D eigenvalue weighted by atomic mass is 10.0. The molecule has 4 aromatic rings. The van der Waals surface area contributed by atoms with Crippen molar-refractivity contribution in [3.05, 3.63) is 124 Å². The normalized spacial score (nSPS) is 13.9. The van der Waals surface area contributed by atoms with Crippen molar-refractivity contribution in [1.29, 1.82) is 0 Å². The van der Waals surface area contributed by atoms with Gasteiger partial charge in [0.2, 0.25) is 11.8 Å². The van der Waals surface area contributed by atoms with E-state index in [0.717, 1.165) is 41.1 Å². The Morgan fingerprint density at radius 2 is 1.62 bits per heavy atom. The highest BCUT2D eigenvalue weighted by atomic mass is 35.5. The zero-order chi connectivity index (χ0) is 34.3. The van der Waals surface area contributed by atoms with Gasteiger partial charge in [-0.05, 0) is 67.3 Å². The number of methoxy groups -OCH3 is 1. The third-order valence-corrected chi connectivity index (χ3v) is 10.9. The highest BCUT2D eigenvalue weighted by molar-refractivity contribution is 7.92. The zero-order valence-corrected chi connectivity index (χ0v) is 29.3. The highest BCUT2D eigenvalue weighted by Crippen LogP contribution is 2.29. The first-order valence-corrected chi connectivity index (χ1v) is 18.1. The van der Waals surface area contributed by atoms with Gasteiger partial charge in [-0.2, -0.15) is 0 Å². The Bertz CT molecular complexity index is 1830. The third kappa shape index (κ3) is 8.69. The van der Waals surface area contributed by atoms with Crippen molar-refractivity contribution in [3.63, 3.8) is 0 Å². The lowest BCUT2D eigenvalue weighted by Gasteiger charge is -2.34. The summed E-state index contributed by atoms with van der Waals surface area (Å²) in [6.07, 6.45) is 3.96. The Kier molecular flexibility index (Phi) is 11.7. The molecule has 1 atom stereocenters. The molecule has 0 bridgehead atoms. The van der Waals surface area contributed by atoms with Crippen LogP contribution in [0.2, 0.25) is 10.0 Å². The first kappa shape index (κ1) is 35.3. The summed E-state index contributed by atoms with van der Waals surface area (Å²) in [5.74, 6) is -0.465. The molecule has 0 spiro atoms. The molecule has 1 aliphatic rings. The van der Waals surface area contributed by atoms with Crippen molar-refractivity contribution in [3.8, 4) is 5.75 Å². The van der Waals surface area contributed by atoms with E-state index in [1.807, 2.05) is 37.3 Å². The number of carbonyl (C=O) groups excluding carboxylic acids is 2. The van der Waals surface area contributed by atoms with E-state index in [2.05, 4.69) is 5.32 Å². The maximum Gasteiger partial charge on any atom is 0.264 e. The maximum atomic E-state index is 14.7. The minimum Gasteiger partial charge on any atom is -0.497 e. The van der Waals surface area contributed by atoms with E-state index < -0.39 is 28.5 Å². The molecule has 0 unspecified atom stereocenters. The van der Waals surface area contributed by atoms with E-state index in [4.69, 9.17) is 27.9 Å². The molecular formula is C37H39Cl2N3O5S. The fourth-order valence-electron chi connectivity index (χ4n) is 5.89. The van der Waals surface area contributed by atoms with Gasteiger partial charge >= 0.3 is 0 Å². The van der Waals surface area contributed by atoms with Crippen molar-refractivity contribution in [2.75, 3.05) is 18.0 Å². The number of halogens is 2. The minimum absolute atomic E-state index is 0.00189. The van der Waals surface area contributed by atoms with Crippen LogP contribution in [-0.4, -0.2) is 50.9 Å². The SMILES string of the molecule is COc1cccc(N(CC(=O)N(Cc2ccc(Cl)cc2Cl)[C@H](Cc2ccccc2)C(=O)NC2CCCC2)S(=O)(=O)c2ccc(C)cc2)c1. The smallest absolute Gasteiger partial charge is 0.264 e. The molecule has 1 saturated carbocycles. The zero-order valence-electron chi connectivity index (χ0n) is 26.9. The molecule has 1 fully saturated rings. The Morgan fingerprint density at radius 1 is 0.917 bits per heavy atom. The fraction of sp³-hybridized carbons (Fsp3) is 0.297. The van der Waals surface area contributed by atoms with Gasteiger partial charge in [0.15, 0.2) is 0 Å². The predicted octanol–water partition coefficient (Wildman–Crippen LogP) is 7.20. The monoisotopic (exact) mass is 707 g/mol. The van der Waals surface area contributed by atoms with Crippen molar-refractivity contribution in [2.24, 2.45) is 0 Å². The van der Waals surface area contributed by atoms with Gasteiger partial charge in [0.05, 0.1) is 17.7 Å². The van der Waals surface area contributed by atoms with Gasteiger partial charge in [0.1, 0.15) is 18.3 Å². The van der Waals surface area contributed by atoms with E-state index in [0.29, 0.717) is 21.4 Å². The van der Waals surface area contributed by atoms with Crippen LogP contribution in [0.4, 0.5) is 5.69 Å². The van der Waals surface area contributed by atoms with E-state index in [1.165, 1.54) is 24.1 Å². The number of aryl methyl sites for hydroxylation is 1. The van der Waals surface area contributed by atoms with E-state index >= 15 is 0 Å². The standard InChI is InChI=1S/C37H39Cl2N3O5S/c1-26-15-19-33(20-16-26)48(45,46)42(31-13-8-14-32(23-31)47-2)25-36(43)41(24-28-17-18-29(38)22-34(28)39)35(21-27-9-4-3-5-10-27)37(44)40-30-11-6-7-12-30/h3-5,8-10,13-20,22-23,30,35H,6-7,11-12,21,24-25H2,1-2H3,(H,40,44)/t35-/m1/s1. The van der Waals surface area contributed by atoms with Gasteiger partial charge in [-0.25, -0.2) is 8.42 Å². The van der Waals surface area contributed by atoms with Crippen LogP contribution in [0.3, 0.4) is 0 Å². The summed E-state index contributed by atoms with van der Waals surface area (Å²) in [5, 5.41) is 3.92. The molecule has 0 aromatic heterocycles.